The van der Waals surface area contributed by atoms with E-state index in [0.717, 1.165) is 0 Å². The van der Waals surface area contributed by atoms with E-state index in [1.54, 1.807) is 23.5 Å². The molecule has 2 nitrogen and oxygen atoms in total. The zero-order valence-corrected chi connectivity index (χ0v) is 12.0. The fourth-order valence-corrected chi connectivity index (χ4v) is 2.77. The molecule has 0 aliphatic carbocycles. The predicted octanol–water partition coefficient (Wildman–Crippen LogP) is 4.29. The van der Waals surface area contributed by atoms with Crippen molar-refractivity contribution >= 4 is 22.8 Å². The van der Waals surface area contributed by atoms with Crippen LogP contribution in [0.2, 0.25) is 0 Å². The molecule has 2 rings (SSSR count). The molecule has 1 aromatic heterocycles. The van der Waals surface area contributed by atoms with Crippen molar-refractivity contribution in [3.8, 4) is 0 Å². The number of benzene rings is 1. The molecule has 2 aromatic rings. The average Bonchev–Trinajstić information content (AvgIpc) is 2.90. The van der Waals surface area contributed by atoms with Gasteiger partial charge in [0.25, 0.3) is 0 Å². The molecule has 0 saturated heterocycles. The molecule has 0 N–H and O–H groups in total. The van der Waals surface area contributed by atoms with Gasteiger partial charge in [-0.25, -0.2) is 4.39 Å². The highest BCUT2D eigenvalue weighted by atomic mass is 32.1. The summed E-state index contributed by atoms with van der Waals surface area (Å²) in [4.78, 5) is 14.3. The molecule has 0 saturated carbocycles. The molecule has 1 heterocycles. The highest BCUT2D eigenvalue weighted by Crippen LogP contribution is 2.30. The van der Waals surface area contributed by atoms with Crippen LogP contribution in [0.5, 0.6) is 0 Å². The molecule has 1 atom stereocenters. The van der Waals surface area contributed by atoms with Crippen LogP contribution in [0.15, 0.2) is 35.7 Å². The number of carbonyl (C=O) groups excluding carboxylic acids is 1. The molecular formula is C15H16FNOS. The largest absolute Gasteiger partial charge is 0.365 e. The molecule has 0 spiro atoms. The quantitative estimate of drug-likeness (QED) is 0.777. The van der Waals surface area contributed by atoms with Crippen molar-refractivity contribution in [2.45, 2.75) is 19.9 Å². The van der Waals surface area contributed by atoms with E-state index in [9.17, 15) is 9.18 Å². The fraction of sp³-hybridized carbons (Fsp3) is 0.267. The van der Waals surface area contributed by atoms with Gasteiger partial charge in [-0.3, -0.25) is 4.79 Å². The summed E-state index contributed by atoms with van der Waals surface area (Å²) in [6.07, 6.45) is 0. The molecule has 1 unspecified atom stereocenters. The monoisotopic (exact) mass is 277 g/mol. The first-order valence-corrected chi connectivity index (χ1v) is 6.95. The summed E-state index contributed by atoms with van der Waals surface area (Å²) >= 11 is 1.65. The Bertz CT molecular complexity index is 580. The maximum Gasteiger partial charge on any atom is 0.159 e. The van der Waals surface area contributed by atoms with Crippen molar-refractivity contribution in [3.63, 3.8) is 0 Å². The van der Waals surface area contributed by atoms with Gasteiger partial charge in [-0.05, 0) is 43.5 Å². The van der Waals surface area contributed by atoms with Crippen LogP contribution in [0, 0.1) is 5.82 Å². The van der Waals surface area contributed by atoms with E-state index < -0.39 is 0 Å². The van der Waals surface area contributed by atoms with Crippen molar-refractivity contribution in [1.29, 1.82) is 0 Å². The van der Waals surface area contributed by atoms with Gasteiger partial charge in [0.15, 0.2) is 5.78 Å². The van der Waals surface area contributed by atoms with Crippen LogP contribution in [-0.2, 0) is 0 Å². The Labute approximate surface area is 116 Å². The Morgan fingerprint density at radius 3 is 2.63 bits per heavy atom. The van der Waals surface area contributed by atoms with Crippen LogP contribution < -0.4 is 4.90 Å². The van der Waals surface area contributed by atoms with Crippen molar-refractivity contribution in [2.75, 3.05) is 11.9 Å². The van der Waals surface area contributed by atoms with Crippen LogP contribution >= 0.6 is 11.3 Å². The maximum atomic E-state index is 14.1. The SMILES string of the molecule is CC(=O)c1ccc(N(C)C(C)c2cccs2)c(F)c1. The molecule has 0 aliphatic rings. The standard InChI is InChI=1S/C15H16FNOS/c1-10(15-5-4-8-19-15)17(3)14-7-6-12(11(2)18)9-13(14)16/h4-10H,1-3H3. The Morgan fingerprint density at radius 1 is 1.37 bits per heavy atom. The van der Waals surface area contributed by atoms with Gasteiger partial charge < -0.3 is 4.90 Å². The summed E-state index contributed by atoms with van der Waals surface area (Å²) < 4.78 is 14.1. The van der Waals surface area contributed by atoms with Crippen molar-refractivity contribution < 1.29 is 9.18 Å². The van der Waals surface area contributed by atoms with Crippen LogP contribution in [0.4, 0.5) is 10.1 Å². The molecule has 0 amide bonds. The Balaban J connectivity index is 2.29. The first-order chi connectivity index (χ1) is 9.00. The van der Waals surface area contributed by atoms with E-state index >= 15 is 0 Å². The first-order valence-electron chi connectivity index (χ1n) is 6.07. The van der Waals surface area contributed by atoms with E-state index in [0.29, 0.717) is 11.3 Å². The lowest BCUT2D eigenvalue weighted by atomic mass is 10.1. The lowest BCUT2D eigenvalue weighted by molar-refractivity contribution is 0.101. The second-order valence-corrected chi connectivity index (χ2v) is 5.50. The number of thiophene rings is 1. The zero-order valence-electron chi connectivity index (χ0n) is 11.2. The maximum absolute atomic E-state index is 14.1. The zero-order chi connectivity index (χ0) is 14.0. The van der Waals surface area contributed by atoms with Gasteiger partial charge in [-0.15, -0.1) is 11.3 Å². The van der Waals surface area contributed by atoms with Gasteiger partial charge >= 0.3 is 0 Å². The number of ketones is 1. The van der Waals surface area contributed by atoms with E-state index in [1.165, 1.54) is 17.9 Å². The Hall–Kier alpha value is -1.68. The lowest BCUT2D eigenvalue weighted by Crippen LogP contribution is -2.22. The van der Waals surface area contributed by atoms with Crippen molar-refractivity contribution in [3.05, 3.63) is 52.0 Å². The van der Waals surface area contributed by atoms with Crippen LogP contribution in [0.1, 0.15) is 35.1 Å². The summed E-state index contributed by atoms with van der Waals surface area (Å²) in [6.45, 7) is 3.47. The molecule has 0 radical (unpaired) electrons. The highest BCUT2D eigenvalue weighted by molar-refractivity contribution is 7.10. The van der Waals surface area contributed by atoms with Gasteiger partial charge in [0.1, 0.15) is 5.82 Å². The van der Waals surface area contributed by atoms with Gasteiger partial charge in [-0.2, -0.15) is 0 Å². The molecule has 1 aromatic carbocycles. The number of Topliss-reactive ketones (excluding diaryl/α,β-unsaturated/α-hetero) is 1. The number of hydrogen-bond acceptors (Lipinski definition) is 3. The highest BCUT2D eigenvalue weighted by Gasteiger charge is 2.17. The second-order valence-electron chi connectivity index (χ2n) is 4.52. The molecule has 100 valence electrons. The minimum absolute atomic E-state index is 0.0951. The molecule has 4 heteroatoms. The van der Waals surface area contributed by atoms with Crippen LogP contribution in [-0.4, -0.2) is 12.8 Å². The summed E-state index contributed by atoms with van der Waals surface area (Å²) in [7, 11) is 1.86. The first kappa shape index (κ1) is 13.7. The molecule has 0 fully saturated rings. The van der Waals surface area contributed by atoms with Crippen LogP contribution in [0.25, 0.3) is 0 Å². The van der Waals surface area contributed by atoms with E-state index in [2.05, 4.69) is 0 Å². The fourth-order valence-electron chi connectivity index (χ4n) is 1.94. The topological polar surface area (TPSA) is 20.3 Å². The molecule has 0 bridgehead atoms. The van der Waals surface area contributed by atoms with Gasteiger partial charge in [0.2, 0.25) is 0 Å². The number of rotatable bonds is 4. The van der Waals surface area contributed by atoms with Crippen LogP contribution in [0.3, 0.4) is 0 Å². The van der Waals surface area contributed by atoms with E-state index in [-0.39, 0.29) is 17.6 Å². The number of hydrogen-bond donors (Lipinski definition) is 0. The third-order valence-corrected chi connectivity index (χ3v) is 4.31. The third kappa shape index (κ3) is 2.84. The van der Waals surface area contributed by atoms with Gasteiger partial charge in [-0.1, -0.05) is 6.07 Å². The Kier molecular flexibility index (Phi) is 4.00. The summed E-state index contributed by atoms with van der Waals surface area (Å²) in [5, 5.41) is 2.01. The van der Waals surface area contributed by atoms with E-state index in [1.807, 2.05) is 36.4 Å². The summed E-state index contributed by atoms with van der Waals surface area (Å²) in [6, 6.07) is 8.74. The minimum atomic E-state index is -0.362. The smallest absolute Gasteiger partial charge is 0.159 e. The number of halogens is 1. The second kappa shape index (κ2) is 5.53. The number of anilines is 1. The van der Waals surface area contributed by atoms with Crippen molar-refractivity contribution in [2.24, 2.45) is 0 Å². The van der Waals surface area contributed by atoms with E-state index in [4.69, 9.17) is 0 Å². The number of nitrogens with zero attached hydrogens (tertiary/aromatic N) is 1. The lowest BCUT2D eigenvalue weighted by Gasteiger charge is -2.26. The number of carbonyl (C=O) groups is 1. The van der Waals surface area contributed by atoms with Crippen molar-refractivity contribution in [1.82, 2.24) is 0 Å². The molecule has 19 heavy (non-hydrogen) atoms. The Morgan fingerprint density at radius 2 is 2.11 bits per heavy atom. The summed E-state index contributed by atoms with van der Waals surface area (Å²) in [5.41, 5.74) is 0.907. The molecular weight excluding hydrogens is 261 g/mol. The minimum Gasteiger partial charge on any atom is -0.365 e. The van der Waals surface area contributed by atoms with Gasteiger partial charge in [0.05, 0.1) is 11.7 Å². The summed E-state index contributed by atoms with van der Waals surface area (Å²) in [5.74, 6) is -0.488. The average molecular weight is 277 g/mol. The normalized spacial score (nSPS) is 12.2. The third-order valence-electron chi connectivity index (χ3n) is 3.27. The predicted molar refractivity (Wildman–Crippen MR) is 77.5 cm³/mol. The van der Waals surface area contributed by atoms with Gasteiger partial charge in [0, 0.05) is 17.5 Å². The molecule has 0 aliphatic heterocycles.